The van der Waals surface area contributed by atoms with Crippen molar-refractivity contribution in [2.45, 2.75) is 19.9 Å². The molecule has 2 unspecified atom stereocenters. The van der Waals surface area contributed by atoms with Crippen LogP contribution in [0, 0.1) is 11.8 Å². The Labute approximate surface area is 113 Å². The molecule has 0 aliphatic rings. The lowest BCUT2D eigenvalue weighted by Crippen LogP contribution is -2.35. The van der Waals surface area contributed by atoms with Crippen LogP contribution in [0.25, 0.3) is 0 Å². The van der Waals surface area contributed by atoms with Gasteiger partial charge in [-0.3, -0.25) is 0 Å². The number of benzene rings is 1. The molecule has 0 aliphatic heterocycles. The summed E-state index contributed by atoms with van der Waals surface area (Å²) in [5.74, 6) is 1.05. The standard InChI is InChI=1S/C14H23BrN2/c1-10(2)13(9-16)14(17(3)4)11-6-5-7-12(15)8-11/h5-8,10,13-14H,9,16H2,1-4H3. The maximum absolute atomic E-state index is 5.95. The molecule has 1 aromatic carbocycles. The summed E-state index contributed by atoms with van der Waals surface area (Å²) in [6, 6.07) is 8.89. The Morgan fingerprint density at radius 1 is 1.29 bits per heavy atom. The molecule has 0 bridgehead atoms. The number of hydrogen-bond acceptors (Lipinski definition) is 2. The molecule has 1 rings (SSSR count). The highest BCUT2D eigenvalue weighted by Gasteiger charge is 2.26. The van der Waals surface area contributed by atoms with E-state index < -0.39 is 0 Å². The van der Waals surface area contributed by atoms with E-state index >= 15 is 0 Å². The SMILES string of the molecule is CC(C)C(CN)C(c1cccc(Br)c1)N(C)C. The molecule has 17 heavy (non-hydrogen) atoms. The average molecular weight is 299 g/mol. The lowest BCUT2D eigenvalue weighted by Gasteiger charge is -2.34. The zero-order valence-electron chi connectivity index (χ0n) is 11.2. The molecule has 0 radical (unpaired) electrons. The van der Waals surface area contributed by atoms with E-state index in [1.54, 1.807) is 0 Å². The molecule has 0 aromatic heterocycles. The summed E-state index contributed by atoms with van der Waals surface area (Å²) in [7, 11) is 4.24. The quantitative estimate of drug-likeness (QED) is 0.904. The second kappa shape index (κ2) is 6.53. The Kier molecular flexibility index (Phi) is 5.63. The topological polar surface area (TPSA) is 29.3 Å². The second-order valence-electron chi connectivity index (χ2n) is 5.11. The Bertz CT molecular complexity index is 350. The predicted molar refractivity (Wildman–Crippen MR) is 78.0 cm³/mol. The molecule has 0 spiro atoms. The Balaban J connectivity index is 3.08. The van der Waals surface area contributed by atoms with Gasteiger partial charge in [0, 0.05) is 10.5 Å². The molecule has 0 heterocycles. The molecular formula is C14H23BrN2. The van der Waals surface area contributed by atoms with Gasteiger partial charge in [-0.1, -0.05) is 41.9 Å². The third-order valence-corrected chi connectivity index (χ3v) is 3.77. The maximum Gasteiger partial charge on any atom is 0.0385 e. The van der Waals surface area contributed by atoms with Crippen molar-refractivity contribution < 1.29 is 0 Å². The summed E-state index contributed by atoms with van der Waals surface area (Å²) < 4.78 is 1.13. The van der Waals surface area contributed by atoms with E-state index in [9.17, 15) is 0 Å². The van der Waals surface area contributed by atoms with Crippen LogP contribution in [-0.2, 0) is 0 Å². The molecule has 0 saturated carbocycles. The average Bonchev–Trinajstić information content (AvgIpc) is 2.24. The van der Waals surface area contributed by atoms with Crippen molar-refractivity contribution in [1.82, 2.24) is 4.90 Å². The van der Waals surface area contributed by atoms with Crippen LogP contribution in [0.2, 0.25) is 0 Å². The fourth-order valence-electron chi connectivity index (χ4n) is 2.38. The largest absolute Gasteiger partial charge is 0.330 e. The van der Waals surface area contributed by atoms with E-state index in [1.807, 2.05) is 0 Å². The van der Waals surface area contributed by atoms with Crippen LogP contribution in [0.5, 0.6) is 0 Å². The van der Waals surface area contributed by atoms with E-state index in [2.05, 4.69) is 73.0 Å². The minimum atomic E-state index is 0.373. The summed E-state index contributed by atoms with van der Waals surface area (Å²) in [6.07, 6.45) is 0. The number of hydrogen-bond donors (Lipinski definition) is 1. The molecule has 0 aliphatic carbocycles. The Morgan fingerprint density at radius 2 is 1.94 bits per heavy atom. The van der Waals surface area contributed by atoms with Crippen LogP contribution in [0.15, 0.2) is 28.7 Å². The van der Waals surface area contributed by atoms with Gasteiger partial charge in [-0.2, -0.15) is 0 Å². The van der Waals surface area contributed by atoms with Crippen molar-refractivity contribution in [3.05, 3.63) is 34.3 Å². The van der Waals surface area contributed by atoms with E-state index in [4.69, 9.17) is 5.73 Å². The van der Waals surface area contributed by atoms with Gasteiger partial charge >= 0.3 is 0 Å². The van der Waals surface area contributed by atoms with Gasteiger partial charge in [-0.25, -0.2) is 0 Å². The summed E-state index contributed by atoms with van der Waals surface area (Å²) in [6.45, 7) is 5.20. The van der Waals surface area contributed by atoms with Gasteiger partial charge in [-0.15, -0.1) is 0 Å². The third-order valence-electron chi connectivity index (χ3n) is 3.28. The lowest BCUT2D eigenvalue weighted by molar-refractivity contribution is 0.175. The molecule has 2 N–H and O–H groups in total. The molecule has 0 saturated heterocycles. The molecule has 0 amide bonds. The normalized spacial score (nSPS) is 15.3. The van der Waals surface area contributed by atoms with Gasteiger partial charge in [0.25, 0.3) is 0 Å². The summed E-state index contributed by atoms with van der Waals surface area (Å²) >= 11 is 3.54. The van der Waals surface area contributed by atoms with Gasteiger partial charge in [0.15, 0.2) is 0 Å². The molecule has 2 atom stereocenters. The molecule has 1 aromatic rings. The molecular weight excluding hydrogens is 276 g/mol. The van der Waals surface area contributed by atoms with E-state index in [0.717, 1.165) is 4.47 Å². The fourth-order valence-corrected chi connectivity index (χ4v) is 2.80. The van der Waals surface area contributed by atoms with Gasteiger partial charge in [0.1, 0.15) is 0 Å². The maximum atomic E-state index is 5.95. The van der Waals surface area contributed by atoms with Crippen molar-refractivity contribution in [1.29, 1.82) is 0 Å². The van der Waals surface area contributed by atoms with Crippen molar-refractivity contribution in [3.63, 3.8) is 0 Å². The zero-order chi connectivity index (χ0) is 13.0. The van der Waals surface area contributed by atoms with Crippen LogP contribution < -0.4 is 5.73 Å². The highest BCUT2D eigenvalue weighted by atomic mass is 79.9. The van der Waals surface area contributed by atoms with Gasteiger partial charge in [0.2, 0.25) is 0 Å². The lowest BCUT2D eigenvalue weighted by atomic mass is 9.84. The number of nitrogens with two attached hydrogens (primary N) is 1. The Morgan fingerprint density at radius 3 is 2.35 bits per heavy atom. The first kappa shape index (κ1) is 14.7. The molecule has 3 heteroatoms. The van der Waals surface area contributed by atoms with Crippen LogP contribution >= 0.6 is 15.9 Å². The first-order valence-electron chi connectivity index (χ1n) is 6.09. The van der Waals surface area contributed by atoms with Crippen molar-refractivity contribution in [2.75, 3.05) is 20.6 Å². The van der Waals surface area contributed by atoms with E-state index in [-0.39, 0.29) is 0 Å². The van der Waals surface area contributed by atoms with Gasteiger partial charge < -0.3 is 10.6 Å². The van der Waals surface area contributed by atoms with E-state index in [1.165, 1.54) is 5.56 Å². The molecule has 96 valence electrons. The third kappa shape index (κ3) is 3.80. The zero-order valence-corrected chi connectivity index (χ0v) is 12.7. The highest BCUT2D eigenvalue weighted by Crippen LogP contribution is 2.32. The smallest absolute Gasteiger partial charge is 0.0385 e. The monoisotopic (exact) mass is 298 g/mol. The first-order chi connectivity index (χ1) is 7.97. The fraction of sp³-hybridized carbons (Fsp3) is 0.571. The Hall–Kier alpha value is -0.380. The predicted octanol–water partition coefficient (Wildman–Crippen LogP) is 3.28. The summed E-state index contributed by atoms with van der Waals surface area (Å²) in [5.41, 5.74) is 7.28. The molecule has 2 nitrogen and oxygen atoms in total. The van der Waals surface area contributed by atoms with Crippen LogP contribution in [-0.4, -0.2) is 25.5 Å². The van der Waals surface area contributed by atoms with E-state index in [0.29, 0.717) is 24.4 Å². The van der Waals surface area contributed by atoms with Crippen LogP contribution in [0.3, 0.4) is 0 Å². The highest BCUT2D eigenvalue weighted by molar-refractivity contribution is 9.10. The van der Waals surface area contributed by atoms with Gasteiger partial charge in [-0.05, 0) is 50.2 Å². The number of halogens is 1. The van der Waals surface area contributed by atoms with Crippen molar-refractivity contribution in [3.8, 4) is 0 Å². The minimum Gasteiger partial charge on any atom is -0.330 e. The second-order valence-corrected chi connectivity index (χ2v) is 6.02. The summed E-state index contributed by atoms with van der Waals surface area (Å²) in [4.78, 5) is 2.26. The number of rotatable bonds is 5. The minimum absolute atomic E-state index is 0.373. The first-order valence-corrected chi connectivity index (χ1v) is 6.88. The van der Waals surface area contributed by atoms with Crippen molar-refractivity contribution >= 4 is 15.9 Å². The van der Waals surface area contributed by atoms with Crippen LogP contribution in [0.1, 0.15) is 25.5 Å². The van der Waals surface area contributed by atoms with Crippen molar-refractivity contribution in [2.24, 2.45) is 17.6 Å². The number of nitrogens with zero attached hydrogens (tertiary/aromatic N) is 1. The van der Waals surface area contributed by atoms with Gasteiger partial charge in [0.05, 0.1) is 0 Å². The molecule has 0 fully saturated rings. The van der Waals surface area contributed by atoms with Crippen LogP contribution in [0.4, 0.5) is 0 Å². The summed E-state index contributed by atoms with van der Waals surface area (Å²) in [5, 5.41) is 0.